The molecule has 1 aromatic rings. The minimum atomic E-state index is 0.318. The second-order valence-electron chi connectivity index (χ2n) is 7.04. The van der Waals surface area contributed by atoms with Crippen LogP contribution in [0.2, 0.25) is 0 Å². The molecule has 2 atom stereocenters. The molecule has 2 nitrogen and oxygen atoms in total. The van der Waals surface area contributed by atoms with E-state index in [-0.39, 0.29) is 0 Å². The van der Waals surface area contributed by atoms with Gasteiger partial charge in [-0.1, -0.05) is 51.1 Å². The molecule has 19 heavy (non-hydrogen) atoms. The summed E-state index contributed by atoms with van der Waals surface area (Å²) in [6.45, 7) is 13.8. The van der Waals surface area contributed by atoms with Crippen LogP contribution in [0.15, 0.2) is 30.3 Å². The highest BCUT2D eigenvalue weighted by Crippen LogP contribution is 2.31. The highest BCUT2D eigenvalue weighted by Gasteiger charge is 2.36. The Hall–Kier alpha value is -0.860. The minimum absolute atomic E-state index is 0.318. The molecule has 106 valence electrons. The highest BCUT2D eigenvalue weighted by atomic mass is 15.3. The zero-order chi connectivity index (χ0) is 14.0. The van der Waals surface area contributed by atoms with Crippen LogP contribution in [0.3, 0.4) is 0 Å². The Morgan fingerprint density at radius 1 is 1.16 bits per heavy atom. The van der Waals surface area contributed by atoms with E-state index in [4.69, 9.17) is 0 Å². The summed E-state index contributed by atoms with van der Waals surface area (Å²) in [6.07, 6.45) is 0. The fourth-order valence-corrected chi connectivity index (χ4v) is 3.06. The molecule has 1 aliphatic heterocycles. The third-order valence-corrected chi connectivity index (χ3v) is 4.22. The predicted molar refractivity (Wildman–Crippen MR) is 82.3 cm³/mol. The fraction of sp³-hybridized carbons (Fsp3) is 0.647. The molecule has 1 heterocycles. The summed E-state index contributed by atoms with van der Waals surface area (Å²) >= 11 is 0. The maximum atomic E-state index is 3.74. The summed E-state index contributed by atoms with van der Waals surface area (Å²) in [6, 6.07) is 12.5. The van der Waals surface area contributed by atoms with Gasteiger partial charge in [0.1, 0.15) is 0 Å². The first-order valence-corrected chi connectivity index (χ1v) is 7.43. The normalized spacial score (nSPS) is 25.8. The lowest BCUT2D eigenvalue weighted by Gasteiger charge is -2.48. The van der Waals surface area contributed by atoms with Crippen molar-refractivity contribution < 1.29 is 0 Å². The van der Waals surface area contributed by atoms with Gasteiger partial charge in [0.15, 0.2) is 0 Å². The molecular weight excluding hydrogens is 232 g/mol. The van der Waals surface area contributed by atoms with Gasteiger partial charge in [-0.2, -0.15) is 0 Å². The average molecular weight is 260 g/mol. The molecule has 2 rings (SSSR count). The number of nitrogens with one attached hydrogen (secondary N) is 1. The van der Waals surface area contributed by atoms with Crippen LogP contribution in [0.25, 0.3) is 0 Å². The number of piperazine rings is 1. The van der Waals surface area contributed by atoms with Crippen LogP contribution in [0, 0.1) is 5.41 Å². The van der Waals surface area contributed by atoms with Crippen molar-refractivity contribution in [1.82, 2.24) is 10.2 Å². The second-order valence-corrected chi connectivity index (χ2v) is 7.04. The maximum absolute atomic E-state index is 3.74. The van der Waals surface area contributed by atoms with Crippen molar-refractivity contribution in [3.05, 3.63) is 35.9 Å². The van der Waals surface area contributed by atoms with Crippen molar-refractivity contribution in [2.75, 3.05) is 13.1 Å². The van der Waals surface area contributed by atoms with Gasteiger partial charge in [-0.3, -0.25) is 4.90 Å². The van der Waals surface area contributed by atoms with Gasteiger partial charge in [0, 0.05) is 31.2 Å². The molecular formula is C17H28N2. The summed E-state index contributed by atoms with van der Waals surface area (Å²) in [4.78, 5) is 2.66. The zero-order valence-electron chi connectivity index (χ0n) is 13.0. The van der Waals surface area contributed by atoms with Gasteiger partial charge < -0.3 is 5.32 Å². The minimum Gasteiger partial charge on any atom is -0.307 e. The Labute approximate surface area is 118 Å². The van der Waals surface area contributed by atoms with Crippen molar-refractivity contribution in [2.24, 2.45) is 5.41 Å². The van der Waals surface area contributed by atoms with E-state index in [1.807, 2.05) is 0 Å². The lowest BCUT2D eigenvalue weighted by molar-refractivity contribution is 0.0312. The Kier molecular flexibility index (Phi) is 4.32. The van der Waals surface area contributed by atoms with Crippen molar-refractivity contribution in [3.8, 4) is 0 Å². The highest BCUT2D eigenvalue weighted by molar-refractivity contribution is 5.20. The number of benzene rings is 1. The van der Waals surface area contributed by atoms with Crippen molar-refractivity contribution in [2.45, 2.75) is 52.7 Å². The van der Waals surface area contributed by atoms with Crippen LogP contribution < -0.4 is 5.32 Å². The third-order valence-electron chi connectivity index (χ3n) is 4.22. The molecule has 0 radical (unpaired) electrons. The lowest BCUT2D eigenvalue weighted by Crippen LogP contribution is -2.59. The number of hydrogen-bond acceptors (Lipinski definition) is 2. The van der Waals surface area contributed by atoms with Gasteiger partial charge >= 0.3 is 0 Å². The molecule has 2 heteroatoms. The summed E-state index contributed by atoms with van der Waals surface area (Å²) < 4.78 is 0. The van der Waals surface area contributed by atoms with Crippen LogP contribution in [-0.4, -0.2) is 30.1 Å². The summed E-state index contributed by atoms with van der Waals surface area (Å²) in [7, 11) is 0. The standard InChI is InChI=1S/C17H28N2/c1-13(2)19-12-15(14-9-7-6-8-10-14)18-11-16(19)17(3,4)5/h6-10,13,15-16,18H,11-12H2,1-5H3. The topological polar surface area (TPSA) is 15.3 Å². The molecule has 0 aliphatic carbocycles. The largest absolute Gasteiger partial charge is 0.307 e. The number of nitrogens with zero attached hydrogens (tertiary/aromatic N) is 1. The van der Waals surface area contributed by atoms with Crippen LogP contribution in [0.5, 0.6) is 0 Å². The van der Waals surface area contributed by atoms with Crippen molar-refractivity contribution in [1.29, 1.82) is 0 Å². The first kappa shape index (κ1) is 14.5. The molecule has 1 aliphatic rings. The van der Waals surface area contributed by atoms with E-state index >= 15 is 0 Å². The van der Waals surface area contributed by atoms with E-state index in [0.717, 1.165) is 13.1 Å². The molecule has 2 unspecified atom stereocenters. The van der Waals surface area contributed by atoms with Crippen LogP contribution >= 0.6 is 0 Å². The average Bonchev–Trinajstić information content (AvgIpc) is 2.38. The van der Waals surface area contributed by atoms with E-state index in [0.29, 0.717) is 23.5 Å². The quantitative estimate of drug-likeness (QED) is 0.876. The van der Waals surface area contributed by atoms with Gasteiger partial charge in [0.2, 0.25) is 0 Å². The smallest absolute Gasteiger partial charge is 0.0450 e. The van der Waals surface area contributed by atoms with E-state index in [2.05, 4.69) is 75.2 Å². The fourth-order valence-electron chi connectivity index (χ4n) is 3.06. The predicted octanol–water partition coefficient (Wildman–Crippen LogP) is 3.46. The Balaban J connectivity index is 2.15. The maximum Gasteiger partial charge on any atom is 0.0450 e. The third kappa shape index (κ3) is 3.37. The van der Waals surface area contributed by atoms with Gasteiger partial charge in [-0.25, -0.2) is 0 Å². The van der Waals surface area contributed by atoms with E-state index < -0.39 is 0 Å². The van der Waals surface area contributed by atoms with Crippen molar-refractivity contribution in [3.63, 3.8) is 0 Å². The van der Waals surface area contributed by atoms with E-state index in [1.54, 1.807) is 0 Å². The van der Waals surface area contributed by atoms with Crippen LogP contribution in [-0.2, 0) is 0 Å². The van der Waals surface area contributed by atoms with Crippen molar-refractivity contribution >= 4 is 0 Å². The SMILES string of the molecule is CC(C)N1CC(c2ccccc2)NCC1C(C)(C)C. The molecule has 1 N–H and O–H groups in total. The first-order valence-electron chi connectivity index (χ1n) is 7.43. The summed E-state index contributed by atoms with van der Waals surface area (Å²) in [5.74, 6) is 0. The lowest BCUT2D eigenvalue weighted by atomic mass is 9.82. The van der Waals surface area contributed by atoms with Gasteiger partial charge in [0.25, 0.3) is 0 Å². The number of rotatable bonds is 2. The molecule has 0 amide bonds. The first-order chi connectivity index (χ1) is 8.89. The molecule has 0 spiro atoms. The Morgan fingerprint density at radius 3 is 2.32 bits per heavy atom. The molecule has 1 saturated heterocycles. The van der Waals surface area contributed by atoms with E-state index in [1.165, 1.54) is 5.56 Å². The molecule has 0 bridgehead atoms. The Morgan fingerprint density at radius 2 is 1.79 bits per heavy atom. The van der Waals surface area contributed by atoms with E-state index in [9.17, 15) is 0 Å². The molecule has 0 saturated carbocycles. The summed E-state index contributed by atoms with van der Waals surface area (Å²) in [5, 5.41) is 3.74. The molecule has 1 fully saturated rings. The number of hydrogen-bond donors (Lipinski definition) is 1. The van der Waals surface area contributed by atoms with Crippen LogP contribution in [0.4, 0.5) is 0 Å². The van der Waals surface area contributed by atoms with Gasteiger partial charge in [0.05, 0.1) is 0 Å². The monoisotopic (exact) mass is 260 g/mol. The summed E-state index contributed by atoms with van der Waals surface area (Å²) in [5.41, 5.74) is 1.72. The Bertz CT molecular complexity index is 391. The van der Waals surface area contributed by atoms with Gasteiger partial charge in [-0.15, -0.1) is 0 Å². The zero-order valence-corrected chi connectivity index (χ0v) is 13.0. The van der Waals surface area contributed by atoms with Crippen LogP contribution in [0.1, 0.15) is 46.2 Å². The van der Waals surface area contributed by atoms with Gasteiger partial charge in [-0.05, 0) is 24.8 Å². The second kappa shape index (κ2) is 5.64. The molecule has 1 aromatic carbocycles. The molecule has 0 aromatic heterocycles.